The first kappa shape index (κ1) is 18.2. The third-order valence-corrected chi connectivity index (χ3v) is 5.39. The number of hydrogen-bond acceptors (Lipinski definition) is 4. The number of aryl methyl sites for hydroxylation is 1. The van der Waals surface area contributed by atoms with Gasteiger partial charge < -0.3 is 14.0 Å². The Labute approximate surface area is 155 Å². The molecule has 1 saturated heterocycles. The van der Waals surface area contributed by atoms with E-state index in [2.05, 4.69) is 15.8 Å². The average Bonchev–Trinajstić information content (AvgIpc) is 2.94. The fourth-order valence-corrected chi connectivity index (χ4v) is 3.94. The van der Waals surface area contributed by atoms with E-state index >= 15 is 0 Å². The summed E-state index contributed by atoms with van der Waals surface area (Å²) in [5, 5.41) is 0.483. The van der Waals surface area contributed by atoms with Crippen LogP contribution in [0.4, 0.5) is 0 Å². The molecule has 0 N–H and O–H groups in total. The topological polar surface area (TPSA) is 52.8 Å². The summed E-state index contributed by atoms with van der Waals surface area (Å²) in [5.41, 5.74) is 0.374. The minimum atomic E-state index is -0.345. The van der Waals surface area contributed by atoms with Gasteiger partial charge in [-0.1, -0.05) is 11.6 Å². The number of carbonyl (C=O) groups is 1. The summed E-state index contributed by atoms with van der Waals surface area (Å²) < 4.78 is 12.8. The van der Waals surface area contributed by atoms with Crippen molar-refractivity contribution >= 4 is 28.8 Å². The molecule has 25 heavy (non-hydrogen) atoms. The highest BCUT2D eigenvalue weighted by Gasteiger charge is 2.17. The molecule has 1 aliphatic rings. The molecule has 1 amide bonds. The molecule has 0 spiro atoms. The molecular formula is C18H21ClN2O3S. The smallest absolute Gasteiger partial charge is 0.283 e. The standard InChI is InChI=1S/C18H21ClN2O3S/c1-12-10-21(11-13-5-7-24-8-6-13)18(25-12)20-17(22)15-9-14(19)3-4-16(15)23-2/h3-4,9-10,13H,5-8,11H2,1-2H3. The van der Waals surface area contributed by atoms with E-state index in [0.29, 0.717) is 27.1 Å². The third-order valence-electron chi connectivity index (χ3n) is 4.22. The Morgan fingerprint density at radius 2 is 2.20 bits per heavy atom. The van der Waals surface area contributed by atoms with E-state index in [0.717, 1.165) is 37.5 Å². The predicted octanol–water partition coefficient (Wildman–Crippen LogP) is 3.69. The summed E-state index contributed by atoms with van der Waals surface area (Å²) >= 11 is 7.54. The number of amides is 1. The summed E-state index contributed by atoms with van der Waals surface area (Å²) in [6.07, 6.45) is 4.14. The van der Waals surface area contributed by atoms with Crippen molar-refractivity contribution in [2.24, 2.45) is 10.9 Å². The zero-order chi connectivity index (χ0) is 17.8. The van der Waals surface area contributed by atoms with Crippen LogP contribution in [0.15, 0.2) is 29.4 Å². The number of aromatic nitrogens is 1. The number of thiazole rings is 1. The first-order valence-electron chi connectivity index (χ1n) is 8.24. The van der Waals surface area contributed by atoms with Crippen LogP contribution in [0.3, 0.4) is 0 Å². The summed E-state index contributed by atoms with van der Waals surface area (Å²) in [6.45, 7) is 4.49. The summed E-state index contributed by atoms with van der Waals surface area (Å²) in [4.78, 5) is 18.8. The SMILES string of the molecule is COc1ccc(Cl)cc1C(=O)N=c1sc(C)cn1CC1CCOCC1. The van der Waals surface area contributed by atoms with Gasteiger partial charge >= 0.3 is 0 Å². The molecule has 2 aromatic rings. The summed E-state index contributed by atoms with van der Waals surface area (Å²) in [5.74, 6) is 0.682. The van der Waals surface area contributed by atoms with E-state index in [9.17, 15) is 4.79 Å². The molecule has 7 heteroatoms. The molecule has 0 aliphatic carbocycles. The van der Waals surface area contributed by atoms with Crippen LogP contribution in [0, 0.1) is 12.8 Å². The predicted molar refractivity (Wildman–Crippen MR) is 98.5 cm³/mol. The van der Waals surface area contributed by atoms with Gasteiger partial charge in [0.15, 0.2) is 4.80 Å². The van der Waals surface area contributed by atoms with E-state index < -0.39 is 0 Å². The maximum absolute atomic E-state index is 12.7. The van der Waals surface area contributed by atoms with Crippen LogP contribution < -0.4 is 9.54 Å². The van der Waals surface area contributed by atoms with Gasteiger partial charge in [0.2, 0.25) is 0 Å². The van der Waals surface area contributed by atoms with Crippen LogP contribution >= 0.6 is 22.9 Å². The summed E-state index contributed by atoms with van der Waals surface area (Å²) in [7, 11) is 1.53. The van der Waals surface area contributed by atoms with Crippen LogP contribution in [0.5, 0.6) is 5.75 Å². The minimum absolute atomic E-state index is 0.345. The van der Waals surface area contributed by atoms with Crippen molar-refractivity contribution in [3.05, 3.63) is 44.7 Å². The molecule has 1 fully saturated rings. The molecule has 0 atom stereocenters. The number of methoxy groups -OCH3 is 1. The van der Waals surface area contributed by atoms with Gasteiger partial charge in [-0.05, 0) is 43.9 Å². The van der Waals surface area contributed by atoms with E-state index in [4.69, 9.17) is 21.1 Å². The maximum Gasteiger partial charge on any atom is 0.283 e. The number of rotatable bonds is 4. The molecule has 3 rings (SSSR count). The van der Waals surface area contributed by atoms with E-state index in [-0.39, 0.29) is 5.91 Å². The average molecular weight is 381 g/mol. The van der Waals surface area contributed by atoms with Crippen molar-refractivity contribution in [2.45, 2.75) is 26.3 Å². The lowest BCUT2D eigenvalue weighted by Crippen LogP contribution is -2.25. The van der Waals surface area contributed by atoms with Gasteiger partial charge in [-0.25, -0.2) is 0 Å². The third kappa shape index (κ3) is 4.51. The van der Waals surface area contributed by atoms with E-state index in [1.165, 1.54) is 18.4 Å². The molecule has 1 aromatic carbocycles. The van der Waals surface area contributed by atoms with E-state index in [1.807, 2.05) is 6.92 Å². The van der Waals surface area contributed by atoms with Crippen molar-refractivity contribution in [3.63, 3.8) is 0 Å². The Bertz CT molecular complexity index is 822. The van der Waals surface area contributed by atoms with Crippen LogP contribution in [-0.4, -0.2) is 30.8 Å². The Morgan fingerprint density at radius 3 is 2.92 bits per heavy atom. The Morgan fingerprint density at radius 1 is 1.44 bits per heavy atom. The molecule has 0 radical (unpaired) electrons. The van der Waals surface area contributed by atoms with Gasteiger partial charge in [-0.15, -0.1) is 11.3 Å². The molecule has 5 nitrogen and oxygen atoms in total. The molecule has 0 saturated carbocycles. The maximum atomic E-state index is 12.7. The second kappa shape index (κ2) is 8.17. The highest BCUT2D eigenvalue weighted by Crippen LogP contribution is 2.23. The lowest BCUT2D eigenvalue weighted by atomic mass is 10.0. The monoisotopic (exact) mass is 380 g/mol. The highest BCUT2D eigenvalue weighted by atomic mass is 35.5. The lowest BCUT2D eigenvalue weighted by Gasteiger charge is -2.22. The molecule has 0 unspecified atom stereocenters. The van der Waals surface area contributed by atoms with E-state index in [1.54, 1.807) is 18.2 Å². The van der Waals surface area contributed by atoms with Crippen molar-refractivity contribution in [1.29, 1.82) is 0 Å². The second-order valence-electron chi connectivity index (χ2n) is 6.09. The largest absolute Gasteiger partial charge is 0.496 e. The van der Waals surface area contributed by atoms with Gasteiger partial charge in [0.1, 0.15) is 5.75 Å². The number of benzene rings is 1. The second-order valence-corrected chi connectivity index (χ2v) is 7.74. The van der Waals surface area contributed by atoms with Crippen molar-refractivity contribution in [3.8, 4) is 5.75 Å². The fourth-order valence-electron chi connectivity index (χ4n) is 2.92. The number of carbonyl (C=O) groups excluding carboxylic acids is 1. The Hall–Kier alpha value is -1.63. The van der Waals surface area contributed by atoms with Gasteiger partial charge in [0.05, 0.1) is 12.7 Å². The van der Waals surface area contributed by atoms with Gasteiger partial charge in [0.25, 0.3) is 5.91 Å². The minimum Gasteiger partial charge on any atom is -0.496 e. The Kier molecular flexibility index (Phi) is 5.93. The Balaban J connectivity index is 1.90. The highest BCUT2D eigenvalue weighted by molar-refractivity contribution is 7.09. The normalized spacial score (nSPS) is 16.2. The van der Waals surface area contributed by atoms with Crippen molar-refractivity contribution < 1.29 is 14.3 Å². The molecular weight excluding hydrogens is 360 g/mol. The zero-order valence-corrected chi connectivity index (χ0v) is 15.9. The number of halogens is 1. The van der Waals surface area contributed by atoms with Gasteiger partial charge in [0, 0.05) is 35.9 Å². The van der Waals surface area contributed by atoms with Crippen LogP contribution in [-0.2, 0) is 11.3 Å². The molecule has 1 aliphatic heterocycles. The molecule has 1 aromatic heterocycles. The van der Waals surface area contributed by atoms with Crippen LogP contribution in [0.2, 0.25) is 5.02 Å². The molecule has 2 heterocycles. The van der Waals surface area contributed by atoms with Gasteiger partial charge in [-0.2, -0.15) is 4.99 Å². The number of hydrogen-bond donors (Lipinski definition) is 0. The summed E-state index contributed by atoms with van der Waals surface area (Å²) in [6, 6.07) is 4.97. The first-order chi connectivity index (χ1) is 12.1. The first-order valence-corrected chi connectivity index (χ1v) is 9.43. The zero-order valence-electron chi connectivity index (χ0n) is 14.3. The van der Waals surface area contributed by atoms with Crippen LogP contribution in [0.25, 0.3) is 0 Å². The quantitative estimate of drug-likeness (QED) is 0.812. The number of ether oxygens (including phenoxy) is 2. The molecule has 0 bridgehead atoms. The number of nitrogens with zero attached hydrogens (tertiary/aromatic N) is 2. The molecule has 134 valence electrons. The van der Waals surface area contributed by atoms with Crippen molar-refractivity contribution in [1.82, 2.24) is 4.57 Å². The lowest BCUT2D eigenvalue weighted by molar-refractivity contribution is 0.0610. The van der Waals surface area contributed by atoms with Gasteiger partial charge in [-0.3, -0.25) is 4.79 Å². The van der Waals surface area contributed by atoms with Crippen LogP contribution in [0.1, 0.15) is 28.1 Å². The van der Waals surface area contributed by atoms with Crippen molar-refractivity contribution in [2.75, 3.05) is 20.3 Å². The fraction of sp³-hybridized carbons (Fsp3) is 0.444.